The van der Waals surface area contributed by atoms with Gasteiger partial charge in [0.05, 0.1) is 5.21 Å². The second-order valence-corrected chi connectivity index (χ2v) is 4.50. The molecule has 0 bridgehead atoms. The molecule has 0 atom stereocenters. The average Bonchev–Trinajstić information content (AvgIpc) is 2.68. The summed E-state index contributed by atoms with van der Waals surface area (Å²) in [5.41, 5.74) is 2.13. The molecule has 2 rings (SSSR count). The Hall–Kier alpha value is -1.00. The third kappa shape index (κ3) is 2.52. The highest BCUT2D eigenvalue weighted by Crippen LogP contribution is 2.23. The average molecular weight is 241 g/mol. The van der Waals surface area contributed by atoms with Gasteiger partial charge in [-0.15, -0.1) is 21.8 Å². The molecule has 1 aromatic heterocycles. The quantitative estimate of drug-likeness (QED) is 0.609. The Bertz CT molecular complexity index is 441. The molecule has 2 aromatic rings. The lowest BCUT2D eigenvalue weighted by molar-refractivity contribution is 0.466. The van der Waals surface area contributed by atoms with Crippen molar-refractivity contribution in [1.82, 2.24) is 10.2 Å². The van der Waals surface area contributed by atoms with Crippen molar-refractivity contribution in [3.63, 3.8) is 0 Å². The highest BCUT2D eigenvalue weighted by molar-refractivity contribution is 8.00. The number of hydrogen-bond donors (Lipinski definition) is 0. The van der Waals surface area contributed by atoms with Gasteiger partial charge in [-0.05, 0) is 30.8 Å². The minimum Gasteiger partial charge on any atom is -0.411 e. The molecule has 3 nitrogen and oxygen atoms in total. The maximum Gasteiger partial charge on any atom is 0.278 e. The Morgan fingerprint density at radius 3 is 2.67 bits per heavy atom. The highest BCUT2D eigenvalue weighted by atomic mass is 35.5. The Morgan fingerprint density at radius 1 is 1.27 bits per heavy atom. The number of aromatic nitrogens is 2. The summed E-state index contributed by atoms with van der Waals surface area (Å²) in [6.07, 6.45) is 0. The fourth-order valence-electron chi connectivity index (χ4n) is 1.13. The van der Waals surface area contributed by atoms with Gasteiger partial charge in [0.15, 0.2) is 0 Å². The minimum atomic E-state index is 0.412. The topological polar surface area (TPSA) is 38.9 Å². The summed E-state index contributed by atoms with van der Waals surface area (Å²) >= 11 is 6.87. The summed E-state index contributed by atoms with van der Waals surface area (Å²) < 4.78 is 5.41. The van der Waals surface area contributed by atoms with Gasteiger partial charge in [0, 0.05) is 5.56 Å². The molecular weight excluding hydrogens is 232 g/mol. The third-order valence-electron chi connectivity index (χ3n) is 1.88. The van der Waals surface area contributed by atoms with Gasteiger partial charge in [-0.3, -0.25) is 0 Å². The molecular formula is C10H9ClN2OS. The van der Waals surface area contributed by atoms with Crippen molar-refractivity contribution < 1.29 is 4.42 Å². The number of thioether (sulfide) groups is 1. The first-order valence-corrected chi connectivity index (χ1v) is 5.91. The van der Waals surface area contributed by atoms with Crippen LogP contribution in [0, 0.1) is 6.92 Å². The van der Waals surface area contributed by atoms with E-state index in [1.54, 1.807) is 0 Å². The maximum absolute atomic E-state index is 5.55. The molecule has 1 heterocycles. The standard InChI is InChI=1S/C10H9ClN2OS/c1-7-2-4-8(5-3-7)9-12-13-10(14-9)15-6-11/h2-5H,6H2,1H3. The lowest BCUT2D eigenvalue weighted by atomic mass is 10.1. The molecule has 0 aliphatic carbocycles. The molecule has 5 heteroatoms. The number of rotatable bonds is 3. The van der Waals surface area contributed by atoms with Crippen LogP contribution >= 0.6 is 23.4 Å². The fourth-order valence-corrected chi connectivity index (χ4v) is 1.74. The highest BCUT2D eigenvalue weighted by Gasteiger charge is 2.07. The van der Waals surface area contributed by atoms with Gasteiger partial charge < -0.3 is 4.42 Å². The van der Waals surface area contributed by atoms with Gasteiger partial charge in [0.25, 0.3) is 5.22 Å². The molecule has 1 aromatic carbocycles. The minimum absolute atomic E-state index is 0.412. The van der Waals surface area contributed by atoms with Crippen LogP contribution in [-0.2, 0) is 0 Å². The van der Waals surface area contributed by atoms with Crippen molar-refractivity contribution >= 4 is 23.4 Å². The van der Waals surface area contributed by atoms with Crippen LogP contribution < -0.4 is 0 Å². The van der Waals surface area contributed by atoms with Crippen LogP contribution in [-0.4, -0.2) is 15.4 Å². The number of aryl methyl sites for hydroxylation is 1. The molecule has 0 saturated carbocycles. The van der Waals surface area contributed by atoms with Crippen LogP contribution in [0.1, 0.15) is 5.56 Å². The van der Waals surface area contributed by atoms with E-state index in [-0.39, 0.29) is 0 Å². The van der Waals surface area contributed by atoms with E-state index < -0.39 is 0 Å². The van der Waals surface area contributed by atoms with Gasteiger partial charge in [-0.1, -0.05) is 17.7 Å². The zero-order valence-corrected chi connectivity index (χ0v) is 9.68. The molecule has 0 aliphatic rings. The number of nitrogens with zero attached hydrogens (tertiary/aromatic N) is 2. The SMILES string of the molecule is Cc1ccc(-c2nnc(SCCl)o2)cc1. The first-order chi connectivity index (χ1) is 7.29. The lowest BCUT2D eigenvalue weighted by Gasteiger charge is -1.94. The van der Waals surface area contributed by atoms with Crippen molar-refractivity contribution in [1.29, 1.82) is 0 Å². The van der Waals surface area contributed by atoms with Crippen LogP contribution in [0.3, 0.4) is 0 Å². The summed E-state index contributed by atoms with van der Waals surface area (Å²) in [6, 6.07) is 7.93. The smallest absolute Gasteiger partial charge is 0.278 e. The van der Waals surface area contributed by atoms with Crippen LogP contribution in [0.5, 0.6) is 0 Å². The molecule has 0 saturated heterocycles. The molecule has 0 spiro atoms. The molecule has 0 amide bonds. The zero-order valence-electron chi connectivity index (χ0n) is 8.11. The van der Waals surface area contributed by atoms with E-state index >= 15 is 0 Å². The van der Waals surface area contributed by atoms with Crippen molar-refractivity contribution in [2.45, 2.75) is 12.1 Å². The van der Waals surface area contributed by atoms with E-state index in [9.17, 15) is 0 Å². The summed E-state index contributed by atoms with van der Waals surface area (Å²) in [7, 11) is 0. The van der Waals surface area contributed by atoms with E-state index in [2.05, 4.69) is 10.2 Å². The van der Waals surface area contributed by atoms with E-state index in [0.29, 0.717) is 16.3 Å². The van der Waals surface area contributed by atoms with Crippen LogP contribution in [0.15, 0.2) is 33.9 Å². The van der Waals surface area contributed by atoms with Gasteiger partial charge in [0.2, 0.25) is 5.89 Å². The molecule has 78 valence electrons. The van der Waals surface area contributed by atoms with Crippen molar-refractivity contribution in [3.8, 4) is 11.5 Å². The molecule has 0 radical (unpaired) electrons. The molecule has 0 aliphatic heterocycles. The summed E-state index contributed by atoms with van der Waals surface area (Å²) in [5, 5.41) is 8.72. The summed E-state index contributed by atoms with van der Waals surface area (Å²) in [4.78, 5) is 0. The number of halogens is 1. The molecule has 0 fully saturated rings. The van der Waals surface area contributed by atoms with E-state index in [4.69, 9.17) is 16.0 Å². The lowest BCUT2D eigenvalue weighted by Crippen LogP contribution is -1.77. The third-order valence-corrected chi connectivity index (χ3v) is 2.73. The van der Waals surface area contributed by atoms with Gasteiger partial charge >= 0.3 is 0 Å². The van der Waals surface area contributed by atoms with Gasteiger partial charge in [-0.2, -0.15) is 0 Å². The van der Waals surface area contributed by atoms with Crippen LogP contribution in [0.25, 0.3) is 11.5 Å². The van der Waals surface area contributed by atoms with E-state index in [1.807, 2.05) is 31.2 Å². The van der Waals surface area contributed by atoms with Crippen molar-refractivity contribution in [2.75, 3.05) is 5.21 Å². The Morgan fingerprint density at radius 2 is 2.00 bits per heavy atom. The van der Waals surface area contributed by atoms with Crippen molar-refractivity contribution in [2.24, 2.45) is 0 Å². The Balaban J connectivity index is 2.25. The number of alkyl halides is 1. The fraction of sp³-hybridized carbons (Fsp3) is 0.200. The van der Waals surface area contributed by atoms with Crippen LogP contribution in [0.2, 0.25) is 0 Å². The maximum atomic E-state index is 5.55. The van der Waals surface area contributed by atoms with E-state index in [1.165, 1.54) is 17.3 Å². The van der Waals surface area contributed by atoms with E-state index in [0.717, 1.165) is 5.56 Å². The summed E-state index contributed by atoms with van der Waals surface area (Å²) in [5.74, 6) is 0.530. The largest absolute Gasteiger partial charge is 0.411 e. The second-order valence-electron chi connectivity index (χ2n) is 2.99. The van der Waals surface area contributed by atoms with Crippen LogP contribution in [0.4, 0.5) is 0 Å². The monoisotopic (exact) mass is 240 g/mol. The Kier molecular flexibility index (Phi) is 3.28. The molecule has 15 heavy (non-hydrogen) atoms. The summed E-state index contributed by atoms with van der Waals surface area (Å²) in [6.45, 7) is 2.03. The Labute approximate surface area is 96.8 Å². The first kappa shape index (κ1) is 10.5. The first-order valence-electron chi connectivity index (χ1n) is 4.39. The molecule has 0 unspecified atom stereocenters. The predicted molar refractivity (Wildman–Crippen MR) is 61.0 cm³/mol. The normalized spacial score (nSPS) is 10.5. The second kappa shape index (κ2) is 4.68. The van der Waals surface area contributed by atoms with Gasteiger partial charge in [-0.25, -0.2) is 0 Å². The zero-order chi connectivity index (χ0) is 10.7. The van der Waals surface area contributed by atoms with Gasteiger partial charge in [0.1, 0.15) is 0 Å². The molecule has 0 N–H and O–H groups in total. The number of benzene rings is 1. The van der Waals surface area contributed by atoms with Crippen molar-refractivity contribution in [3.05, 3.63) is 29.8 Å². The predicted octanol–water partition coefficient (Wildman–Crippen LogP) is 3.33. The number of hydrogen-bond acceptors (Lipinski definition) is 4.